The van der Waals surface area contributed by atoms with Crippen molar-refractivity contribution in [3.63, 3.8) is 0 Å². The summed E-state index contributed by atoms with van der Waals surface area (Å²) < 4.78 is 5.82. The molecule has 2 atom stereocenters. The molecule has 0 aromatic heterocycles. The van der Waals surface area contributed by atoms with Crippen molar-refractivity contribution in [2.24, 2.45) is 5.84 Å². The molecule has 94 valence electrons. The molecule has 1 heterocycles. The minimum absolute atomic E-state index is 0.0858. The Kier molecular flexibility index (Phi) is 4.45. The second-order valence-electron chi connectivity index (χ2n) is 4.49. The SMILES string of the molecule is Cc1ccc(C)c(C(NN)C2CSCCO2)c1. The van der Waals surface area contributed by atoms with E-state index in [1.165, 1.54) is 16.7 Å². The van der Waals surface area contributed by atoms with Crippen molar-refractivity contribution in [3.05, 3.63) is 34.9 Å². The molecule has 17 heavy (non-hydrogen) atoms. The number of nitrogens with one attached hydrogen (secondary N) is 1. The Bertz CT molecular complexity index is 378. The number of hydrogen-bond acceptors (Lipinski definition) is 4. The van der Waals surface area contributed by atoms with Crippen LogP contribution in [0, 0.1) is 13.8 Å². The van der Waals surface area contributed by atoms with Gasteiger partial charge in [0, 0.05) is 11.5 Å². The van der Waals surface area contributed by atoms with Gasteiger partial charge in [0.05, 0.1) is 18.8 Å². The zero-order valence-electron chi connectivity index (χ0n) is 10.4. The molecule has 0 bridgehead atoms. The van der Waals surface area contributed by atoms with Crippen LogP contribution in [0.1, 0.15) is 22.7 Å². The first-order valence-electron chi connectivity index (χ1n) is 5.95. The molecule has 1 aliphatic rings. The van der Waals surface area contributed by atoms with Crippen LogP contribution in [0.25, 0.3) is 0 Å². The van der Waals surface area contributed by atoms with Crippen LogP contribution in [0.5, 0.6) is 0 Å². The first-order chi connectivity index (χ1) is 8.22. The Labute approximate surface area is 107 Å². The van der Waals surface area contributed by atoms with Gasteiger partial charge in [-0.1, -0.05) is 23.8 Å². The zero-order valence-corrected chi connectivity index (χ0v) is 11.2. The van der Waals surface area contributed by atoms with Gasteiger partial charge >= 0.3 is 0 Å². The van der Waals surface area contributed by atoms with Gasteiger partial charge in [-0.2, -0.15) is 11.8 Å². The Balaban J connectivity index is 2.24. The monoisotopic (exact) mass is 252 g/mol. The highest BCUT2D eigenvalue weighted by Crippen LogP contribution is 2.27. The van der Waals surface area contributed by atoms with Crippen molar-refractivity contribution in [2.45, 2.75) is 26.0 Å². The Morgan fingerprint density at radius 3 is 2.94 bits per heavy atom. The highest BCUT2D eigenvalue weighted by Gasteiger charge is 2.26. The van der Waals surface area contributed by atoms with E-state index in [0.29, 0.717) is 0 Å². The van der Waals surface area contributed by atoms with Crippen molar-refractivity contribution in [2.75, 3.05) is 18.1 Å². The van der Waals surface area contributed by atoms with Gasteiger partial charge in [-0.15, -0.1) is 0 Å². The maximum atomic E-state index is 5.82. The van der Waals surface area contributed by atoms with Gasteiger partial charge in [0.2, 0.25) is 0 Å². The fraction of sp³-hybridized carbons (Fsp3) is 0.538. The molecule has 3 nitrogen and oxygen atoms in total. The Morgan fingerprint density at radius 1 is 1.47 bits per heavy atom. The number of benzene rings is 1. The van der Waals surface area contributed by atoms with Gasteiger partial charge < -0.3 is 4.74 Å². The van der Waals surface area contributed by atoms with Gasteiger partial charge in [0.15, 0.2) is 0 Å². The molecule has 0 aliphatic carbocycles. The van der Waals surface area contributed by atoms with Gasteiger partial charge in [0.25, 0.3) is 0 Å². The van der Waals surface area contributed by atoms with E-state index in [-0.39, 0.29) is 12.1 Å². The summed E-state index contributed by atoms with van der Waals surface area (Å²) in [5.74, 6) is 7.80. The molecule has 0 amide bonds. The summed E-state index contributed by atoms with van der Waals surface area (Å²) in [4.78, 5) is 0. The number of hydrazine groups is 1. The second kappa shape index (κ2) is 5.87. The number of aryl methyl sites for hydroxylation is 2. The molecular formula is C13H20N2OS. The standard InChI is InChI=1S/C13H20N2OS/c1-9-3-4-10(2)11(7-9)13(15-14)12-8-17-6-5-16-12/h3-4,7,12-13,15H,5-6,8,14H2,1-2H3. The summed E-state index contributed by atoms with van der Waals surface area (Å²) in [6.45, 7) is 5.04. The summed E-state index contributed by atoms with van der Waals surface area (Å²) >= 11 is 1.93. The molecule has 4 heteroatoms. The quantitative estimate of drug-likeness (QED) is 0.637. The van der Waals surface area contributed by atoms with Crippen molar-refractivity contribution in [1.29, 1.82) is 0 Å². The van der Waals surface area contributed by atoms with Crippen LogP contribution in [-0.2, 0) is 4.74 Å². The third-order valence-electron chi connectivity index (χ3n) is 3.16. The molecule has 0 saturated carbocycles. The molecule has 1 saturated heterocycles. The Hall–Kier alpha value is -0.550. The minimum Gasteiger partial charge on any atom is -0.374 e. The average molecular weight is 252 g/mol. The van der Waals surface area contributed by atoms with Crippen LogP contribution in [0.2, 0.25) is 0 Å². The van der Waals surface area contributed by atoms with E-state index in [9.17, 15) is 0 Å². The second-order valence-corrected chi connectivity index (χ2v) is 5.64. The summed E-state index contributed by atoms with van der Waals surface area (Å²) in [6.07, 6.45) is 0.166. The molecule has 0 spiro atoms. The molecular weight excluding hydrogens is 232 g/mol. The maximum absolute atomic E-state index is 5.82. The largest absolute Gasteiger partial charge is 0.374 e. The minimum atomic E-state index is 0.0858. The van der Waals surface area contributed by atoms with Crippen LogP contribution in [0.15, 0.2) is 18.2 Å². The molecule has 1 aliphatic heterocycles. The number of rotatable bonds is 3. The molecule has 2 rings (SSSR count). The average Bonchev–Trinajstić information content (AvgIpc) is 2.36. The number of nitrogens with two attached hydrogens (primary N) is 1. The highest BCUT2D eigenvalue weighted by atomic mass is 32.2. The molecule has 0 radical (unpaired) electrons. The fourth-order valence-corrected chi connectivity index (χ4v) is 3.09. The van der Waals surface area contributed by atoms with Crippen LogP contribution < -0.4 is 11.3 Å². The lowest BCUT2D eigenvalue weighted by atomic mass is 9.96. The molecule has 1 aromatic rings. The van der Waals surface area contributed by atoms with Gasteiger partial charge in [-0.25, -0.2) is 0 Å². The molecule has 2 unspecified atom stereocenters. The van der Waals surface area contributed by atoms with Crippen molar-refractivity contribution < 1.29 is 4.74 Å². The zero-order chi connectivity index (χ0) is 12.3. The summed E-state index contributed by atoms with van der Waals surface area (Å²) in [7, 11) is 0. The molecule has 1 aromatic carbocycles. The highest BCUT2D eigenvalue weighted by molar-refractivity contribution is 7.99. The van der Waals surface area contributed by atoms with E-state index in [4.69, 9.17) is 10.6 Å². The number of thioether (sulfide) groups is 1. The molecule has 1 fully saturated rings. The van der Waals surface area contributed by atoms with E-state index < -0.39 is 0 Å². The molecule has 3 N–H and O–H groups in total. The number of ether oxygens (including phenoxy) is 1. The van der Waals surface area contributed by atoms with Crippen molar-refractivity contribution >= 4 is 11.8 Å². The Morgan fingerprint density at radius 2 is 2.29 bits per heavy atom. The van der Waals surface area contributed by atoms with Gasteiger partial charge in [-0.05, 0) is 25.0 Å². The van der Waals surface area contributed by atoms with E-state index in [1.54, 1.807) is 0 Å². The van der Waals surface area contributed by atoms with Gasteiger partial charge in [-0.3, -0.25) is 11.3 Å². The van der Waals surface area contributed by atoms with E-state index >= 15 is 0 Å². The smallest absolute Gasteiger partial charge is 0.0873 e. The fourth-order valence-electron chi connectivity index (χ4n) is 2.19. The van der Waals surface area contributed by atoms with E-state index in [0.717, 1.165) is 18.1 Å². The first kappa shape index (κ1) is 12.9. The summed E-state index contributed by atoms with van der Waals surface area (Å²) in [5.41, 5.74) is 6.69. The van der Waals surface area contributed by atoms with E-state index in [2.05, 4.69) is 37.5 Å². The van der Waals surface area contributed by atoms with Gasteiger partial charge in [0.1, 0.15) is 0 Å². The third kappa shape index (κ3) is 3.01. The van der Waals surface area contributed by atoms with Crippen LogP contribution in [0.4, 0.5) is 0 Å². The lowest BCUT2D eigenvalue weighted by molar-refractivity contribution is 0.0466. The summed E-state index contributed by atoms with van der Waals surface area (Å²) in [6, 6.07) is 6.55. The predicted molar refractivity (Wildman–Crippen MR) is 73.0 cm³/mol. The van der Waals surface area contributed by atoms with Crippen LogP contribution in [0.3, 0.4) is 0 Å². The van der Waals surface area contributed by atoms with E-state index in [1.807, 2.05) is 11.8 Å². The van der Waals surface area contributed by atoms with Crippen molar-refractivity contribution in [1.82, 2.24) is 5.43 Å². The topological polar surface area (TPSA) is 47.3 Å². The lowest BCUT2D eigenvalue weighted by Crippen LogP contribution is -2.41. The predicted octanol–water partition coefficient (Wildman–Crippen LogP) is 1.94. The summed E-state index contributed by atoms with van der Waals surface area (Å²) in [5, 5.41) is 0. The maximum Gasteiger partial charge on any atom is 0.0873 e. The van der Waals surface area contributed by atoms with Crippen LogP contribution >= 0.6 is 11.8 Å². The van der Waals surface area contributed by atoms with Crippen molar-refractivity contribution in [3.8, 4) is 0 Å². The first-order valence-corrected chi connectivity index (χ1v) is 7.10. The third-order valence-corrected chi connectivity index (χ3v) is 4.18. The van der Waals surface area contributed by atoms with Crippen LogP contribution in [-0.4, -0.2) is 24.2 Å². The normalized spacial score (nSPS) is 22.4. The number of hydrogen-bond donors (Lipinski definition) is 2. The lowest BCUT2D eigenvalue weighted by Gasteiger charge is -2.31.